The van der Waals surface area contributed by atoms with Crippen LogP contribution in [0.3, 0.4) is 0 Å². The fourth-order valence-corrected chi connectivity index (χ4v) is 3.76. The maximum atomic E-state index is 12.5. The molecule has 1 aromatic rings. The van der Waals surface area contributed by atoms with E-state index in [0.29, 0.717) is 25.6 Å². The molecule has 1 saturated heterocycles. The van der Waals surface area contributed by atoms with Crippen LogP contribution in [0.15, 0.2) is 30.3 Å². The smallest absolute Gasteiger partial charge is 0.317 e. The van der Waals surface area contributed by atoms with E-state index in [1.165, 1.54) is 18.4 Å². The number of nitrogens with zero attached hydrogens (tertiary/aromatic N) is 2. The van der Waals surface area contributed by atoms with Crippen molar-refractivity contribution >= 4 is 11.9 Å². The van der Waals surface area contributed by atoms with Crippen LogP contribution in [0.1, 0.15) is 44.1 Å². The Bertz CT molecular complexity index is 570. The summed E-state index contributed by atoms with van der Waals surface area (Å²) < 4.78 is 0. The van der Waals surface area contributed by atoms with Gasteiger partial charge in [0, 0.05) is 38.6 Å². The zero-order chi connectivity index (χ0) is 17.5. The monoisotopic (exact) mass is 343 g/mol. The molecule has 1 heterocycles. The van der Waals surface area contributed by atoms with E-state index in [-0.39, 0.29) is 11.9 Å². The SMILES string of the molecule is O=C(CCc1ccccc1)N1CCCN(C(=O)NC2CCCC2)CC1. The molecule has 2 fully saturated rings. The lowest BCUT2D eigenvalue weighted by Crippen LogP contribution is -2.45. The van der Waals surface area contributed by atoms with Crippen molar-refractivity contribution in [2.24, 2.45) is 0 Å². The van der Waals surface area contributed by atoms with E-state index < -0.39 is 0 Å². The highest BCUT2D eigenvalue weighted by molar-refractivity contribution is 5.77. The number of benzene rings is 1. The second kappa shape index (κ2) is 8.88. The fraction of sp³-hybridized carbons (Fsp3) is 0.600. The maximum absolute atomic E-state index is 12.5. The molecule has 5 nitrogen and oxygen atoms in total. The maximum Gasteiger partial charge on any atom is 0.317 e. The standard InChI is InChI=1S/C20H29N3O2/c24-19(12-11-17-7-2-1-3-8-17)22-13-6-14-23(16-15-22)20(25)21-18-9-4-5-10-18/h1-3,7-8,18H,4-6,9-16H2,(H,21,25). The normalized spacial score (nSPS) is 18.9. The predicted octanol–water partition coefficient (Wildman–Crippen LogP) is 2.81. The quantitative estimate of drug-likeness (QED) is 0.914. The van der Waals surface area contributed by atoms with Crippen molar-refractivity contribution in [2.75, 3.05) is 26.2 Å². The molecule has 1 N–H and O–H groups in total. The number of amides is 3. The van der Waals surface area contributed by atoms with Crippen LogP contribution in [0.2, 0.25) is 0 Å². The summed E-state index contributed by atoms with van der Waals surface area (Å²) in [6, 6.07) is 10.5. The Kier molecular flexibility index (Phi) is 6.31. The van der Waals surface area contributed by atoms with Gasteiger partial charge in [0.25, 0.3) is 0 Å². The molecule has 0 unspecified atom stereocenters. The van der Waals surface area contributed by atoms with Gasteiger partial charge in [0.15, 0.2) is 0 Å². The highest BCUT2D eigenvalue weighted by Crippen LogP contribution is 2.18. The summed E-state index contributed by atoms with van der Waals surface area (Å²) in [5.74, 6) is 0.196. The average Bonchev–Trinajstić information content (AvgIpc) is 3.01. The lowest BCUT2D eigenvalue weighted by atomic mass is 10.1. The number of hydrogen-bond donors (Lipinski definition) is 1. The highest BCUT2D eigenvalue weighted by Gasteiger charge is 2.24. The van der Waals surface area contributed by atoms with Crippen LogP contribution >= 0.6 is 0 Å². The average molecular weight is 343 g/mol. The molecule has 2 aliphatic rings. The number of hydrogen-bond acceptors (Lipinski definition) is 2. The number of nitrogens with one attached hydrogen (secondary N) is 1. The van der Waals surface area contributed by atoms with Crippen LogP contribution in [0.25, 0.3) is 0 Å². The van der Waals surface area contributed by atoms with Crippen molar-refractivity contribution in [3.05, 3.63) is 35.9 Å². The first-order valence-corrected chi connectivity index (χ1v) is 9.59. The molecule has 1 aliphatic carbocycles. The number of carbonyl (C=O) groups excluding carboxylic acids is 2. The third-order valence-corrected chi connectivity index (χ3v) is 5.29. The molecule has 25 heavy (non-hydrogen) atoms. The summed E-state index contributed by atoms with van der Waals surface area (Å²) in [6.07, 6.45) is 6.81. The van der Waals surface area contributed by atoms with Gasteiger partial charge in [-0.25, -0.2) is 4.79 Å². The summed E-state index contributed by atoms with van der Waals surface area (Å²) in [4.78, 5) is 28.7. The van der Waals surface area contributed by atoms with Gasteiger partial charge in [0.05, 0.1) is 0 Å². The van der Waals surface area contributed by atoms with E-state index >= 15 is 0 Å². The Hall–Kier alpha value is -2.04. The first kappa shape index (κ1) is 17.8. The first-order chi connectivity index (χ1) is 12.2. The number of aryl methyl sites for hydroxylation is 1. The van der Waals surface area contributed by atoms with Crippen molar-refractivity contribution in [3.63, 3.8) is 0 Å². The van der Waals surface area contributed by atoms with Gasteiger partial charge in [0.1, 0.15) is 0 Å². The van der Waals surface area contributed by atoms with Crippen molar-refractivity contribution in [2.45, 2.75) is 51.0 Å². The lowest BCUT2D eigenvalue weighted by Gasteiger charge is -2.24. The minimum absolute atomic E-state index is 0.0467. The molecule has 0 spiro atoms. The van der Waals surface area contributed by atoms with Gasteiger partial charge in [-0.05, 0) is 31.2 Å². The van der Waals surface area contributed by atoms with Gasteiger partial charge in [0.2, 0.25) is 5.91 Å². The van der Waals surface area contributed by atoms with Crippen LogP contribution in [0, 0.1) is 0 Å². The van der Waals surface area contributed by atoms with Crippen LogP contribution in [-0.4, -0.2) is 54.0 Å². The predicted molar refractivity (Wildman–Crippen MR) is 98.3 cm³/mol. The van der Waals surface area contributed by atoms with Crippen molar-refractivity contribution in [3.8, 4) is 0 Å². The van der Waals surface area contributed by atoms with Crippen molar-refractivity contribution in [1.82, 2.24) is 15.1 Å². The van der Waals surface area contributed by atoms with Crippen molar-refractivity contribution < 1.29 is 9.59 Å². The zero-order valence-electron chi connectivity index (χ0n) is 15.0. The molecule has 136 valence electrons. The molecule has 1 aromatic carbocycles. The summed E-state index contributed by atoms with van der Waals surface area (Å²) in [5, 5.41) is 3.15. The number of urea groups is 1. The molecule has 5 heteroatoms. The van der Waals surface area contributed by atoms with E-state index in [4.69, 9.17) is 0 Å². The van der Waals surface area contributed by atoms with Crippen molar-refractivity contribution in [1.29, 1.82) is 0 Å². The molecule has 0 aromatic heterocycles. The van der Waals surface area contributed by atoms with E-state index in [1.54, 1.807) is 0 Å². The zero-order valence-corrected chi connectivity index (χ0v) is 15.0. The molecule has 0 bridgehead atoms. The number of carbonyl (C=O) groups is 2. The van der Waals surface area contributed by atoms with Gasteiger partial charge in [-0.15, -0.1) is 0 Å². The first-order valence-electron chi connectivity index (χ1n) is 9.59. The second-order valence-corrected chi connectivity index (χ2v) is 7.14. The van der Waals surface area contributed by atoms with Gasteiger partial charge >= 0.3 is 6.03 Å². The van der Waals surface area contributed by atoms with E-state index in [2.05, 4.69) is 17.4 Å². The van der Waals surface area contributed by atoms with Crippen LogP contribution in [0.5, 0.6) is 0 Å². The topological polar surface area (TPSA) is 52.7 Å². The molecule has 0 atom stereocenters. The summed E-state index contributed by atoms with van der Waals surface area (Å²) >= 11 is 0. The minimum Gasteiger partial charge on any atom is -0.341 e. The van der Waals surface area contributed by atoms with Gasteiger partial charge in [-0.1, -0.05) is 43.2 Å². The largest absolute Gasteiger partial charge is 0.341 e. The van der Waals surface area contributed by atoms with Gasteiger partial charge < -0.3 is 15.1 Å². The Balaban J connectivity index is 1.44. The molecule has 0 radical (unpaired) electrons. The van der Waals surface area contributed by atoms with Crippen LogP contribution < -0.4 is 5.32 Å². The van der Waals surface area contributed by atoms with Crippen LogP contribution in [-0.2, 0) is 11.2 Å². The molecule has 1 saturated carbocycles. The molecular weight excluding hydrogens is 314 g/mol. The van der Waals surface area contributed by atoms with E-state index in [9.17, 15) is 9.59 Å². The minimum atomic E-state index is 0.0467. The molecular formula is C20H29N3O2. The summed E-state index contributed by atoms with van der Waals surface area (Å²) in [7, 11) is 0. The molecule has 3 rings (SSSR count). The molecule has 1 aliphatic heterocycles. The summed E-state index contributed by atoms with van der Waals surface area (Å²) in [6.45, 7) is 2.77. The Morgan fingerprint density at radius 1 is 0.920 bits per heavy atom. The molecule has 3 amide bonds. The second-order valence-electron chi connectivity index (χ2n) is 7.14. The third-order valence-electron chi connectivity index (χ3n) is 5.29. The van der Waals surface area contributed by atoms with Crippen LogP contribution in [0.4, 0.5) is 4.79 Å². The fourth-order valence-electron chi connectivity index (χ4n) is 3.76. The summed E-state index contributed by atoms with van der Waals surface area (Å²) in [5.41, 5.74) is 1.20. The lowest BCUT2D eigenvalue weighted by molar-refractivity contribution is -0.131. The Labute approximate surface area is 150 Å². The Morgan fingerprint density at radius 2 is 1.60 bits per heavy atom. The van der Waals surface area contributed by atoms with E-state index in [1.807, 2.05) is 28.0 Å². The van der Waals surface area contributed by atoms with Gasteiger partial charge in [-0.2, -0.15) is 0 Å². The van der Waals surface area contributed by atoms with Gasteiger partial charge in [-0.3, -0.25) is 4.79 Å². The Morgan fingerprint density at radius 3 is 2.36 bits per heavy atom. The highest BCUT2D eigenvalue weighted by atomic mass is 16.2. The third kappa shape index (κ3) is 5.21. The number of rotatable bonds is 4. The van der Waals surface area contributed by atoms with E-state index in [0.717, 1.165) is 38.8 Å².